The molecule has 0 amide bonds. The maximum atomic E-state index is 5.00. The van der Waals surface area contributed by atoms with E-state index in [1.807, 2.05) is 20.0 Å². The molecule has 0 atom stereocenters. The molecule has 0 spiro atoms. The fourth-order valence-electron chi connectivity index (χ4n) is 0.976. The van der Waals surface area contributed by atoms with Gasteiger partial charge in [0, 0.05) is 12.6 Å². The molecular weight excluding hydrogens is 154 g/mol. The van der Waals surface area contributed by atoms with E-state index < -0.39 is 0 Å². The predicted octanol–water partition coefficient (Wildman–Crippen LogP) is 0.513. The first-order valence-corrected chi connectivity index (χ1v) is 3.79. The number of aryl methyl sites for hydroxylation is 1. The highest BCUT2D eigenvalue weighted by Gasteiger charge is 1.99. The Morgan fingerprint density at radius 2 is 2.25 bits per heavy atom. The summed E-state index contributed by atoms with van der Waals surface area (Å²) in [6.07, 6.45) is 0. The van der Waals surface area contributed by atoms with E-state index in [0.717, 1.165) is 18.1 Å². The van der Waals surface area contributed by atoms with Crippen LogP contribution in [-0.4, -0.2) is 24.1 Å². The number of aromatic nitrogens is 2. The van der Waals surface area contributed by atoms with Crippen LogP contribution in [0.4, 0.5) is 0 Å². The first-order valence-electron chi connectivity index (χ1n) is 3.79. The zero-order valence-electron chi connectivity index (χ0n) is 7.59. The van der Waals surface area contributed by atoms with Crippen molar-refractivity contribution in [2.45, 2.75) is 13.5 Å². The Labute approximate surface area is 72.0 Å². The van der Waals surface area contributed by atoms with E-state index in [-0.39, 0.29) is 0 Å². The summed E-state index contributed by atoms with van der Waals surface area (Å²) in [6, 6.07) is 1.82. The van der Waals surface area contributed by atoms with E-state index in [1.54, 1.807) is 7.11 Å². The van der Waals surface area contributed by atoms with E-state index in [9.17, 15) is 0 Å². The van der Waals surface area contributed by atoms with Crippen molar-refractivity contribution in [3.8, 4) is 5.88 Å². The van der Waals surface area contributed by atoms with Gasteiger partial charge in [-0.2, -0.15) is 4.98 Å². The van der Waals surface area contributed by atoms with Crippen molar-refractivity contribution in [3.05, 3.63) is 17.6 Å². The van der Waals surface area contributed by atoms with Crippen LogP contribution in [0.2, 0.25) is 0 Å². The van der Waals surface area contributed by atoms with Gasteiger partial charge < -0.3 is 10.1 Å². The lowest BCUT2D eigenvalue weighted by atomic mass is 10.4. The normalized spacial score (nSPS) is 9.92. The molecule has 1 aromatic heterocycles. The maximum Gasteiger partial charge on any atom is 0.216 e. The lowest BCUT2D eigenvalue weighted by Crippen LogP contribution is -2.08. The van der Waals surface area contributed by atoms with Crippen LogP contribution in [0.25, 0.3) is 0 Å². The Kier molecular flexibility index (Phi) is 2.99. The third-order valence-corrected chi connectivity index (χ3v) is 1.43. The minimum Gasteiger partial charge on any atom is -0.481 e. The Balaban J connectivity index is 2.90. The van der Waals surface area contributed by atoms with Crippen molar-refractivity contribution in [1.29, 1.82) is 0 Å². The molecule has 12 heavy (non-hydrogen) atoms. The van der Waals surface area contributed by atoms with Gasteiger partial charge in [0.2, 0.25) is 5.88 Å². The molecule has 1 rings (SSSR count). The maximum absolute atomic E-state index is 5.00. The Hall–Kier alpha value is -1.16. The van der Waals surface area contributed by atoms with Gasteiger partial charge in [0.15, 0.2) is 0 Å². The molecule has 66 valence electrons. The first kappa shape index (κ1) is 8.93. The number of rotatable bonds is 3. The molecule has 0 fully saturated rings. The van der Waals surface area contributed by atoms with Crippen molar-refractivity contribution >= 4 is 0 Å². The highest BCUT2D eigenvalue weighted by Crippen LogP contribution is 2.07. The second kappa shape index (κ2) is 4.01. The topological polar surface area (TPSA) is 47.0 Å². The SMILES string of the molecule is CNCc1cc(OC)nc(C)n1. The fourth-order valence-corrected chi connectivity index (χ4v) is 0.976. The number of nitrogens with zero attached hydrogens (tertiary/aromatic N) is 2. The van der Waals surface area contributed by atoms with E-state index in [0.29, 0.717) is 5.88 Å². The average Bonchev–Trinajstić information content (AvgIpc) is 2.04. The minimum absolute atomic E-state index is 0.618. The highest BCUT2D eigenvalue weighted by atomic mass is 16.5. The molecule has 0 aliphatic heterocycles. The average molecular weight is 167 g/mol. The van der Waals surface area contributed by atoms with Gasteiger partial charge in [0.1, 0.15) is 5.82 Å². The summed E-state index contributed by atoms with van der Waals surface area (Å²) in [4.78, 5) is 8.29. The van der Waals surface area contributed by atoms with Crippen molar-refractivity contribution in [2.24, 2.45) is 0 Å². The van der Waals surface area contributed by atoms with E-state index in [1.165, 1.54) is 0 Å². The number of methoxy groups -OCH3 is 1. The lowest BCUT2D eigenvalue weighted by molar-refractivity contribution is 0.394. The van der Waals surface area contributed by atoms with Crippen molar-refractivity contribution in [1.82, 2.24) is 15.3 Å². The van der Waals surface area contributed by atoms with E-state index in [2.05, 4.69) is 15.3 Å². The predicted molar refractivity (Wildman–Crippen MR) is 46.1 cm³/mol. The van der Waals surface area contributed by atoms with Gasteiger partial charge in [-0.1, -0.05) is 0 Å². The molecule has 4 nitrogen and oxygen atoms in total. The molecule has 0 aliphatic carbocycles. The zero-order chi connectivity index (χ0) is 8.97. The minimum atomic E-state index is 0.618. The molecule has 1 N–H and O–H groups in total. The van der Waals surface area contributed by atoms with Crippen molar-refractivity contribution in [3.63, 3.8) is 0 Å². The third-order valence-electron chi connectivity index (χ3n) is 1.43. The summed E-state index contributed by atoms with van der Waals surface area (Å²) in [7, 11) is 3.48. The van der Waals surface area contributed by atoms with E-state index in [4.69, 9.17) is 4.74 Å². The van der Waals surface area contributed by atoms with Crippen LogP contribution >= 0.6 is 0 Å². The molecule has 4 heteroatoms. The van der Waals surface area contributed by atoms with Crippen LogP contribution in [0.15, 0.2) is 6.07 Å². The molecular formula is C8H13N3O. The Morgan fingerprint density at radius 1 is 1.50 bits per heavy atom. The van der Waals surface area contributed by atoms with Gasteiger partial charge >= 0.3 is 0 Å². The second-order valence-electron chi connectivity index (χ2n) is 2.48. The first-order chi connectivity index (χ1) is 5.76. The van der Waals surface area contributed by atoms with Crippen LogP contribution in [0.1, 0.15) is 11.5 Å². The molecule has 1 aromatic rings. The van der Waals surface area contributed by atoms with Crippen LogP contribution < -0.4 is 10.1 Å². The molecule has 0 aromatic carbocycles. The van der Waals surface area contributed by atoms with Gasteiger partial charge in [0.05, 0.1) is 12.8 Å². The van der Waals surface area contributed by atoms with Crippen molar-refractivity contribution in [2.75, 3.05) is 14.2 Å². The summed E-state index contributed by atoms with van der Waals surface area (Å²) in [5.74, 6) is 1.35. The quantitative estimate of drug-likeness (QED) is 0.712. The smallest absolute Gasteiger partial charge is 0.216 e. The Morgan fingerprint density at radius 3 is 2.83 bits per heavy atom. The lowest BCUT2D eigenvalue weighted by Gasteiger charge is -2.03. The van der Waals surface area contributed by atoms with Gasteiger partial charge in [-0.25, -0.2) is 4.98 Å². The Bertz CT molecular complexity index is 262. The summed E-state index contributed by atoms with van der Waals surface area (Å²) in [5.41, 5.74) is 0.946. The summed E-state index contributed by atoms with van der Waals surface area (Å²) in [5, 5.41) is 3.02. The molecule has 0 radical (unpaired) electrons. The van der Waals surface area contributed by atoms with Crippen LogP contribution in [0.3, 0.4) is 0 Å². The third kappa shape index (κ3) is 2.17. The van der Waals surface area contributed by atoms with Gasteiger partial charge in [-0.3, -0.25) is 0 Å². The van der Waals surface area contributed by atoms with Gasteiger partial charge in [0.25, 0.3) is 0 Å². The molecule has 0 bridgehead atoms. The summed E-state index contributed by atoms with van der Waals surface area (Å²) < 4.78 is 5.00. The van der Waals surface area contributed by atoms with Crippen LogP contribution in [0.5, 0.6) is 5.88 Å². The second-order valence-corrected chi connectivity index (χ2v) is 2.48. The highest BCUT2D eigenvalue weighted by molar-refractivity contribution is 5.15. The summed E-state index contributed by atoms with van der Waals surface area (Å²) in [6.45, 7) is 2.58. The largest absolute Gasteiger partial charge is 0.481 e. The fraction of sp³-hybridized carbons (Fsp3) is 0.500. The molecule has 0 unspecified atom stereocenters. The van der Waals surface area contributed by atoms with E-state index >= 15 is 0 Å². The number of hydrogen-bond donors (Lipinski definition) is 1. The molecule has 0 saturated heterocycles. The standard InChI is InChI=1S/C8H13N3O/c1-6-10-7(5-9-2)4-8(11-6)12-3/h4,9H,5H2,1-3H3. The van der Waals surface area contributed by atoms with Crippen LogP contribution in [-0.2, 0) is 6.54 Å². The number of ether oxygens (including phenoxy) is 1. The van der Waals surface area contributed by atoms with Gasteiger partial charge in [-0.05, 0) is 14.0 Å². The van der Waals surface area contributed by atoms with Crippen molar-refractivity contribution < 1.29 is 4.74 Å². The molecule has 0 saturated carbocycles. The van der Waals surface area contributed by atoms with Gasteiger partial charge in [-0.15, -0.1) is 0 Å². The molecule has 1 heterocycles. The number of nitrogens with one attached hydrogen (secondary N) is 1. The monoisotopic (exact) mass is 167 g/mol. The zero-order valence-corrected chi connectivity index (χ0v) is 7.59. The number of hydrogen-bond acceptors (Lipinski definition) is 4. The summed E-state index contributed by atoms with van der Waals surface area (Å²) >= 11 is 0. The molecule has 0 aliphatic rings. The van der Waals surface area contributed by atoms with Crippen LogP contribution in [0, 0.1) is 6.92 Å².